The molecule has 0 spiro atoms. The standard InChI is InChI=1S/C11H14BrN3O3S/c12-2-4-18-6-8-7(16)5-10(19-8)15-3-1-9(13)14-11(15)17/h1-4,7-8,10,16H,5-6H2,(H2,13,14,17)/t7-,8+,10+/m0/s1. The monoisotopic (exact) mass is 347 g/mol. The molecule has 6 nitrogen and oxygen atoms in total. The average molecular weight is 348 g/mol. The summed E-state index contributed by atoms with van der Waals surface area (Å²) >= 11 is 4.60. The normalized spacial score (nSPS) is 26.9. The van der Waals surface area contributed by atoms with Crippen LogP contribution in [-0.4, -0.2) is 32.6 Å². The van der Waals surface area contributed by atoms with Crippen LogP contribution in [0.5, 0.6) is 0 Å². The summed E-state index contributed by atoms with van der Waals surface area (Å²) in [5, 5.41) is 9.76. The van der Waals surface area contributed by atoms with Gasteiger partial charge in [-0.3, -0.25) is 4.57 Å². The van der Waals surface area contributed by atoms with Crippen molar-refractivity contribution in [3.63, 3.8) is 0 Å². The largest absolute Gasteiger partial charge is 0.499 e. The van der Waals surface area contributed by atoms with Crippen LogP contribution in [0.25, 0.3) is 0 Å². The zero-order valence-corrected chi connectivity index (χ0v) is 12.4. The number of aliphatic hydroxyl groups excluding tert-OH is 1. The minimum Gasteiger partial charge on any atom is -0.499 e. The fraction of sp³-hybridized carbons (Fsp3) is 0.455. The second-order valence-corrected chi connectivity index (χ2v) is 6.02. The molecule has 1 aliphatic heterocycles. The average Bonchev–Trinajstić information content (AvgIpc) is 2.71. The van der Waals surface area contributed by atoms with Crippen LogP contribution in [-0.2, 0) is 4.74 Å². The summed E-state index contributed by atoms with van der Waals surface area (Å²) in [6.07, 6.45) is 3.10. The summed E-state index contributed by atoms with van der Waals surface area (Å²) in [7, 11) is 0. The minimum absolute atomic E-state index is 0.0712. The molecule has 2 rings (SSSR count). The second kappa shape index (κ2) is 6.44. The van der Waals surface area contributed by atoms with E-state index in [9.17, 15) is 9.90 Å². The van der Waals surface area contributed by atoms with Gasteiger partial charge >= 0.3 is 5.69 Å². The van der Waals surface area contributed by atoms with E-state index in [4.69, 9.17) is 10.5 Å². The SMILES string of the molecule is Nc1ccn([C@H]2C[C@H](O)[C@@H](COC=CBr)S2)c(=O)n1. The highest BCUT2D eigenvalue weighted by molar-refractivity contribution is 9.11. The van der Waals surface area contributed by atoms with Crippen LogP contribution in [0.3, 0.4) is 0 Å². The molecule has 0 aromatic carbocycles. The number of halogens is 1. The smallest absolute Gasteiger partial charge is 0.350 e. The molecule has 3 atom stereocenters. The molecule has 0 unspecified atom stereocenters. The van der Waals surface area contributed by atoms with Gasteiger partial charge in [0.15, 0.2) is 0 Å². The van der Waals surface area contributed by atoms with Crippen LogP contribution < -0.4 is 11.4 Å². The van der Waals surface area contributed by atoms with Gasteiger partial charge in [-0.05, 0) is 6.07 Å². The van der Waals surface area contributed by atoms with Crippen molar-refractivity contribution in [1.82, 2.24) is 9.55 Å². The summed E-state index contributed by atoms with van der Waals surface area (Å²) in [4.78, 5) is 17.0. The third-order valence-electron chi connectivity index (χ3n) is 2.77. The first-order chi connectivity index (χ1) is 9.11. The Balaban J connectivity index is 2.05. The Morgan fingerprint density at radius 1 is 1.74 bits per heavy atom. The van der Waals surface area contributed by atoms with Crippen molar-refractivity contribution < 1.29 is 9.84 Å². The van der Waals surface area contributed by atoms with Crippen molar-refractivity contribution in [3.05, 3.63) is 34.0 Å². The Labute approximate surface area is 122 Å². The lowest BCUT2D eigenvalue weighted by molar-refractivity contribution is 0.131. The van der Waals surface area contributed by atoms with Crippen molar-refractivity contribution in [2.75, 3.05) is 12.3 Å². The number of hydrogen-bond donors (Lipinski definition) is 2. The zero-order valence-electron chi connectivity index (χ0n) is 9.98. The fourth-order valence-electron chi connectivity index (χ4n) is 1.87. The Morgan fingerprint density at radius 3 is 3.21 bits per heavy atom. The maximum Gasteiger partial charge on any atom is 0.350 e. The van der Waals surface area contributed by atoms with Crippen LogP contribution in [0.4, 0.5) is 5.82 Å². The lowest BCUT2D eigenvalue weighted by Crippen LogP contribution is -2.25. The molecule has 1 aliphatic rings. The Kier molecular flexibility index (Phi) is 4.89. The van der Waals surface area contributed by atoms with E-state index in [0.29, 0.717) is 13.0 Å². The van der Waals surface area contributed by atoms with Gasteiger partial charge in [0.05, 0.1) is 23.0 Å². The number of thioether (sulfide) groups is 1. The molecule has 0 amide bonds. The molecule has 2 heterocycles. The number of ether oxygens (including phenoxy) is 1. The van der Waals surface area contributed by atoms with Crippen molar-refractivity contribution in [2.24, 2.45) is 0 Å². The number of hydrogen-bond acceptors (Lipinski definition) is 6. The maximum absolute atomic E-state index is 11.7. The zero-order chi connectivity index (χ0) is 13.8. The highest BCUT2D eigenvalue weighted by Crippen LogP contribution is 2.40. The van der Waals surface area contributed by atoms with E-state index in [1.54, 1.807) is 17.2 Å². The molecule has 1 aromatic heterocycles. The second-order valence-electron chi connectivity index (χ2n) is 4.07. The molecule has 8 heteroatoms. The first-order valence-electron chi connectivity index (χ1n) is 5.67. The van der Waals surface area contributed by atoms with Crippen molar-refractivity contribution >= 4 is 33.5 Å². The first-order valence-corrected chi connectivity index (χ1v) is 7.52. The van der Waals surface area contributed by atoms with Crippen LogP contribution in [0.15, 0.2) is 28.3 Å². The topological polar surface area (TPSA) is 90.4 Å². The molecule has 1 fully saturated rings. The summed E-state index contributed by atoms with van der Waals surface area (Å²) in [6, 6.07) is 1.58. The summed E-state index contributed by atoms with van der Waals surface area (Å²) in [5.41, 5.74) is 5.05. The molecular weight excluding hydrogens is 334 g/mol. The Bertz CT molecular complexity index is 522. The van der Waals surface area contributed by atoms with E-state index >= 15 is 0 Å². The number of nitrogen functional groups attached to an aromatic ring is 1. The molecule has 104 valence electrons. The van der Waals surface area contributed by atoms with E-state index in [-0.39, 0.29) is 16.4 Å². The quantitative estimate of drug-likeness (QED) is 0.792. The van der Waals surface area contributed by atoms with Crippen molar-refractivity contribution in [2.45, 2.75) is 23.1 Å². The van der Waals surface area contributed by atoms with E-state index < -0.39 is 11.8 Å². The predicted octanol–water partition coefficient (Wildman–Crippen LogP) is 1.07. The van der Waals surface area contributed by atoms with Crippen LogP contribution in [0.1, 0.15) is 11.8 Å². The number of aliphatic hydroxyl groups is 1. The molecule has 1 saturated heterocycles. The van der Waals surface area contributed by atoms with Crippen molar-refractivity contribution in [3.8, 4) is 0 Å². The number of nitrogens with zero attached hydrogens (tertiary/aromatic N) is 2. The van der Waals surface area contributed by atoms with Gasteiger partial charge in [-0.15, -0.1) is 11.8 Å². The molecule has 0 aliphatic carbocycles. The molecule has 3 N–H and O–H groups in total. The van der Waals surface area contributed by atoms with Gasteiger partial charge in [-0.2, -0.15) is 4.98 Å². The molecule has 0 bridgehead atoms. The highest BCUT2D eigenvalue weighted by Gasteiger charge is 2.35. The van der Waals surface area contributed by atoms with Gasteiger partial charge in [-0.1, -0.05) is 15.9 Å². The molecule has 0 saturated carbocycles. The molecule has 1 aromatic rings. The van der Waals surface area contributed by atoms with Gasteiger partial charge in [0.25, 0.3) is 0 Å². The van der Waals surface area contributed by atoms with E-state index in [1.807, 2.05) is 0 Å². The predicted molar refractivity (Wildman–Crippen MR) is 78.0 cm³/mol. The highest BCUT2D eigenvalue weighted by atomic mass is 79.9. The third-order valence-corrected chi connectivity index (χ3v) is 4.52. The van der Waals surface area contributed by atoms with Crippen LogP contribution in [0.2, 0.25) is 0 Å². The molecule has 19 heavy (non-hydrogen) atoms. The van der Waals surface area contributed by atoms with Gasteiger partial charge < -0.3 is 15.6 Å². The lowest BCUT2D eigenvalue weighted by atomic mass is 10.2. The van der Waals surface area contributed by atoms with Crippen molar-refractivity contribution in [1.29, 1.82) is 0 Å². The fourth-order valence-corrected chi connectivity index (χ4v) is 3.47. The summed E-state index contributed by atoms with van der Waals surface area (Å²) in [6.45, 7) is 0.390. The summed E-state index contributed by atoms with van der Waals surface area (Å²) in [5.74, 6) is 0.201. The van der Waals surface area contributed by atoms with Gasteiger partial charge in [0.2, 0.25) is 0 Å². The van der Waals surface area contributed by atoms with Gasteiger partial charge in [-0.25, -0.2) is 4.79 Å². The summed E-state index contributed by atoms with van der Waals surface area (Å²) < 4.78 is 6.73. The Hall–Kier alpha value is -0.990. The number of rotatable bonds is 4. The van der Waals surface area contributed by atoms with E-state index in [2.05, 4.69) is 20.9 Å². The number of anilines is 1. The first kappa shape index (κ1) is 14.4. The van der Waals surface area contributed by atoms with Crippen LogP contribution >= 0.6 is 27.7 Å². The third kappa shape index (κ3) is 3.52. The Morgan fingerprint density at radius 2 is 2.53 bits per heavy atom. The maximum atomic E-state index is 11.7. The molecular formula is C11H14BrN3O3S. The van der Waals surface area contributed by atoms with Crippen LogP contribution in [0, 0.1) is 0 Å². The number of nitrogens with two attached hydrogens (primary N) is 1. The van der Waals surface area contributed by atoms with Gasteiger partial charge in [0, 0.05) is 17.6 Å². The van der Waals surface area contributed by atoms with Gasteiger partial charge in [0.1, 0.15) is 12.4 Å². The van der Waals surface area contributed by atoms with E-state index in [1.165, 1.54) is 22.6 Å². The minimum atomic E-state index is -0.511. The lowest BCUT2D eigenvalue weighted by Gasteiger charge is -2.13. The number of aromatic nitrogens is 2. The molecule has 0 radical (unpaired) electrons. The van der Waals surface area contributed by atoms with E-state index in [0.717, 1.165) is 0 Å².